The van der Waals surface area contributed by atoms with Crippen LogP contribution >= 0.6 is 27.2 Å². The second-order valence-corrected chi connectivity index (χ2v) is 19.2. The van der Waals surface area contributed by atoms with Crippen LogP contribution in [0.4, 0.5) is 14.6 Å². The quantitative estimate of drug-likeness (QED) is 0.0208. The van der Waals surface area contributed by atoms with Crippen molar-refractivity contribution in [3.8, 4) is 11.5 Å². The minimum Gasteiger partial charge on any atom is -0.491 e. The fourth-order valence-corrected chi connectivity index (χ4v) is 10.1. The molecule has 2 aliphatic heterocycles. The third kappa shape index (κ3) is 14.7. The molecule has 0 aliphatic carbocycles. The Kier molecular flexibility index (Phi) is 19.9. The summed E-state index contributed by atoms with van der Waals surface area (Å²) in [6.45, 7) is 1.97. The van der Waals surface area contributed by atoms with Gasteiger partial charge in [-0.1, -0.05) is 12.1 Å². The topological polar surface area (TPSA) is 317 Å². The van der Waals surface area contributed by atoms with Crippen molar-refractivity contribution < 1.29 is 74.9 Å². The molecule has 24 nitrogen and oxygen atoms in total. The van der Waals surface area contributed by atoms with E-state index in [1.54, 1.807) is 48.5 Å². The van der Waals surface area contributed by atoms with E-state index < -0.39 is 95.5 Å². The van der Waals surface area contributed by atoms with Crippen molar-refractivity contribution in [1.29, 1.82) is 0 Å². The Hall–Kier alpha value is -4.83. The highest BCUT2D eigenvalue weighted by Gasteiger charge is 2.52. The number of anilines is 1. The molecule has 7 N–H and O–H groups in total. The molecule has 71 heavy (non-hydrogen) atoms. The first kappa shape index (κ1) is 54.0. The number of H-pyrrole nitrogens is 1. The summed E-state index contributed by atoms with van der Waals surface area (Å²) in [5.74, 6) is 0.597. The molecule has 0 spiro atoms. The predicted molar refractivity (Wildman–Crippen MR) is 250 cm³/mol. The van der Waals surface area contributed by atoms with Gasteiger partial charge < -0.3 is 59.1 Å². The van der Waals surface area contributed by atoms with E-state index in [1.165, 1.54) is 17.7 Å². The first-order valence-corrected chi connectivity index (χ1v) is 26.1. The number of phosphoric ester groups is 1. The van der Waals surface area contributed by atoms with Gasteiger partial charge in [-0.3, -0.25) is 28.0 Å². The van der Waals surface area contributed by atoms with E-state index in [0.29, 0.717) is 69.9 Å². The Labute approximate surface area is 408 Å². The van der Waals surface area contributed by atoms with E-state index in [2.05, 4.69) is 15.0 Å². The second-order valence-electron chi connectivity index (χ2n) is 15.5. The number of rotatable bonds is 28. The maximum atomic E-state index is 16.2. The van der Waals surface area contributed by atoms with Gasteiger partial charge in [0.2, 0.25) is 0 Å². The highest BCUT2D eigenvalue weighted by molar-refractivity contribution is 8.47. The van der Waals surface area contributed by atoms with Crippen LogP contribution in [0.3, 0.4) is 0 Å². The van der Waals surface area contributed by atoms with Crippen LogP contribution in [0.1, 0.15) is 34.8 Å². The third-order valence-corrected chi connectivity index (χ3v) is 13.6. The number of fused-ring (bicyclic) bond motifs is 1. The standard InChI is InChI=1S/C42H52F2N8O16P2S/c43-32-35(67-69-71-22-25-2-6-28(7-3-25)64-41(55)26-4-8-27(9-5-26)62-19-18-61-17-16-60-15-14-59-13-1-11-45)30(66-39(32)51-12-10-31(54)50-42(51)56)21-63-70(57,58)68-36-29(20-53)65-40(33(36)44)52-24-49-34-37(46)47-23-48-38(34)52/h2-10,12,23-24,29-30,32-33,35-36,39-40,53,69H,1,11,13-22,45H2,(H,57,58)(H2,46,47,48)(H,50,54,56)/t29-,30-,32-,33-,35-,36-,39-,40-/m1/s1. The number of phosphoric acid groups is 1. The van der Waals surface area contributed by atoms with Gasteiger partial charge in [0.15, 0.2) is 36.3 Å². The lowest BCUT2D eigenvalue weighted by Gasteiger charge is -2.23. The van der Waals surface area contributed by atoms with Gasteiger partial charge in [0.05, 0.1) is 66.1 Å². The number of benzene rings is 2. The van der Waals surface area contributed by atoms with Crippen LogP contribution in [-0.2, 0) is 47.6 Å². The van der Waals surface area contributed by atoms with Gasteiger partial charge in [0, 0.05) is 24.6 Å². The van der Waals surface area contributed by atoms with Crippen LogP contribution in [-0.4, -0.2) is 148 Å². The summed E-state index contributed by atoms with van der Waals surface area (Å²) in [6.07, 6.45) is -9.59. The monoisotopic (exact) mass is 1060 g/mol. The summed E-state index contributed by atoms with van der Waals surface area (Å²) in [5.41, 5.74) is 10.8. The molecule has 0 bridgehead atoms. The summed E-state index contributed by atoms with van der Waals surface area (Å²) < 4.78 is 103. The number of halogens is 2. The van der Waals surface area contributed by atoms with E-state index in [1.807, 2.05) is 4.98 Å². The zero-order valence-corrected chi connectivity index (χ0v) is 40.4. The van der Waals surface area contributed by atoms with Gasteiger partial charge in [0.1, 0.15) is 54.4 Å². The van der Waals surface area contributed by atoms with Crippen molar-refractivity contribution in [3.05, 3.63) is 105 Å². The van der Waals surface area contributed by atoms with E-state index in [0.717, 1.165) is 39.7 Å². The minimum absolute atomic E-state index is 0.00787. The normalized spacial score (nSPS) is 23.2. The Morgan fingerprint density at radius 3 is 2.23 bits per heavy atom. The largest absolute Gasteiger partial charge is 0.491 e. The third-order valence-electron chi connectivity index (χ3n) is 10.6. The number of aromatic amines is 1. The number of aliphatic hydroxyl groups excluding tert-OH is 1. The molecule has 3 aromatic heterocycles. The number of nitrogens with one attached hydrogen (secondary N) is 1. The lowest BCUT2D eigenvalue weighted by Crippen LogP contribution is -2.36. The van der Waals surface area contributed by atoms with Crippen LogP contribution in [0.15, 0.2) is 83.0 Å². The van der Waals surface area contributed by atoms with Crippen LogP contribution < -0.4 is 32.2 Å². The van der Waals surface area contributed by atoms with Gasteiger partial charge in [-0.05, 0) is 54.9 Å². The maximum Gasteiger partial charge on any atom is 0.472 e. The van der Waals surface area contributed by atoms with E-state index >= 15 is 8.78 Å². The molecule has 10 atom stereocenters. The molecule has 5 aromatic rings. The minimum atomic E-state index is -5.24. The highest BCUT2D eigenvalue weighted by atomic mass is 32.7. The van der Waals surface area contributed by atoms with Gasteiger partial charge in [0.25, 0.3) is 5.56 Å². The van der Waals surface area contributed by atoms with E-state index in [9.17, 15) is 28.9 Å². The number of esters is 1. The second kappa shape index (κ2) is 26.2. The smallest absolute Gasteiger partial charge is 0.472 e. The van der Waals surface area contributed by atoms with Crippen LogP contribution in [0, 0.1) is 0 Å². The average molecular weight is 1060 g/mol. The van der Waals surface area contributed by atoms with Gasteiger partial charge in [-0.25, -0.2) is 37.9 Å². The Morgan fingerprint density at radius 1 is 0.859 bits per heavy atom. The number of hydrogen-bond acceptors (Lipinski definition) is 21. The number of carbonyl (C=O) groups is 1. The van der Waals surface area contributed by atoms with Crippen LogP contribution in [0.5, 0.6) is 11.5 Å². The SMILES string of the molecule is NCCCOCCOCCOCCOc1ccc(C(=O)Oc2ccc(CSPO[C@H]3[C@@H](F)[C@H](n4ccc(=O)[nH]c4=O)O[C@@H]3COP(=O)(O)O[C@H]3[C@@H](F)[C@H](n4cnc5c(N)ncnc54)O[C@@H]3CO)cc2)cc1. The first-order valence-electron chi connectivity index (χ1n) is 22.0. The number of aliphatic hydroxyl groups is 1. The molecule has 2 aliphatic rings. The first-order chi connectivity index (χ1) is 34.3. The number of hydrogen-bond donors (Lipinski definition) is 5. The van der Waals surface area contributed by atoms with E-state index in [4.69, 9.17) is 58.2 Å². The molecule has 2 unspecified atom stereocenters. The Bertz CT molecular complexity index is 2660. The Balaban J connectivity index is 0.870. The molecule has 386 valence electrons. The van der Waals surface area contributed by atoms with Gasteiger partial charge in [-0.2, -0.15) is 0 Å². The van der Waals surface area contributed by atoms with Crippen LogP contribution in [0.2, 0.25) is 0 Å². The number of nitrogens with two attached hydrogens (primary N) is 2. The number of imidazole rings is 1. The lowest BCUT2D eigenvalue weighted by atomic mass is 10.1. The summed E-state index contributed by atoms with van der Waals surface area (Å²) in [6, 6.07) is 14.1. The zero-order chi connectivity index (χ0) is 50.3. The van der Waals surface area contributed by atoms with Crippen molar-refractivity contribution in [3.63, 3.8) is 0 Å². The fraction of sp³-hybridized carbons (Fsp3) is 0.476. The molecule has 0 radical (unpaired) electrons. The van der Waals surface area contributed by atoms with Crippen molar-refractivity contribution in [2.24, 2.45) is 5.73 Å². The highest BCUT2D eigenvalue weighted by Crippen LogP contribution is 2.51. The number of carbonyl (C=O) groups excluding carboxylic acids is 1. The predicted octanol–water partition coefficient (Wildman–Crippen LogP) is 2.75. The number of aromatic nitrogens is 6. The lowest BCUT2D eigenvalue weighted by molar-refractivity contribution is -0.0560. The molecule has 7 rings (SSSR count). The number of ether oxygens (including phenoxy) is 7. The van der Waals surface area contributed by atoms with E-state index in [-0.39, 0.29) is 22.7 Å². The molecule has 2 aromatic carbocycles. The van der Waals surface area contributed by atoms with Crippen LogP contribution in [0.25, 0.3) is 11.2 Å². The number of alkyl halides is 2. The molecule has 5 heterocycles. The number of nitrogen functional groups attached to an aromatic ring is 1. The summed E-state index contributed by atoms with van der Waals surface area (Å²) in [4.78, 5) is 61.9. The zero-order valence-electron chi connectivity index (χ0n) is 37.6. The van der Waals surface area contributed by atoms with Gasteiger partial charge in [-0.15, -0.1) is 11.4 Å². The van der Waals surface area contributed by atoms with Crippen molar-refractivity contribution >= 4 is 50.2 Å². The summed E-state index contributed by atoms with van der Waals surface area (Å²) in [7, 11) is -5.69. The van der Waals surface area contributed by atoms with Gasteiger partial charge >= 0.3 is 19.5 Å². The molecule has 2 fully saturated rings. The van der Waals surface area contributed by atoms with Crippen molar-refractivity contribution in [1.82, 2.24) is 29.1 Å². The maximum absolute atomic E-state index is 16.2. The average Bonchev–Trinajstić information content (AvgIpc) is 4.03. The number of nitrogens with zero attached hydrogens (tertiary/aromatic N) is 5. The summed E-state index contributed by atoms with van der Waals surface area (Å²) >= 11 is 1.24. The molecule has 2 saturated heterocycles. The summed E-state index contributed by atoms with van der Waals surface area (Å²) in [5, 5.41) is 9.98. The molecular formula is C42H52F2N8O16P2S. The van der Waals surface area contributed by atoms with Crippen molar-refractivity contribution in [2.75, 3.05) is 71.7 Å². The fourth-order valence-electron chi connectivity index (χ4n) is 7.07. The van der Waals surface area contributed by atoms with Crippen molar-refractivity contribution in [2.45, 2.75) is 61.4 Å². The molecule has 29 heteroatoms. The molecule has 0 amide bonds. The Morgan fingerprint density at radius 2 is 1.52 bits per heavy atom. The molecular weight excluding hydrogens is 1000 g/mol. The molecule has 0 saturated carbocycles.